The number of nitrogens with one attached hydrogen (secondary N) is 2. The number of hydrogen-bond acceptors (Lipinski definition) is 4. The van der Waals surface area contributed by atoms with Crippen LogP contribution in [0.4, 0.5) is 0 Å². The number of rotatable bonds is 9. The second-order valence-electron chi connectivity index (χ2n) is 6.85. The molecular weight excluding hydrogens is 505 g/mol. The molecule has 7 nitrogen and oxygen atoms in total. The van der Waals surface area contributed by atoms with Gasteiger partial charge in [-0.1, -0.05) is 18.2 Å². The second-order valence-corrected chi connectivity index (χ2v) is 6.85. The Labute approximate surface area is 200 Å². The summed E-state index contributed by atoms with van der Waals surface area (Å²) >= 11 is 0. The molecule has 0 aliphatic rings. The van der Waals surface area contributed by atoms with Crippen LogP contribution >= 0.6 is 24.0 Å². The number of methoxy groups -OCH3 is 1. The molecule has 0 saturated carbocycles. The first-order chi connectivity index (χ1) is 14.7. The quantitative estimate of drug-likeness (QED) is 0.249. The lowest BCUT2D eigenvalue weighted by atomic mass is 10.1. The summed E-state index contributed by atoms with van der Waals surface area (Å²) in [4.78, 5) is 4.28. The molecule has 0 aliphatic heterocycles. The Kier molecular flexibility index (Phi) is 10.2. The van der Waals surface area contributed by atoms with Gasteiger partial charge in [0, 0.05) is 32.1 Å². The molecule has 1 aromatic heterocycles. The van der Waals surface area contributed by atoms with Gasteiger partial charge in [0.2, 0.25) is 0 Å². The number of ether oxygens (including phenoxy) is 2. The summed E-state index contributed by atoms with van der Waals surface area (Å²) in [6, 6.07) is 17.9. The zero-order valence-electron chi connectivity index (χ0n) is 18.1. The molecule has 8 heteroatoms. The van der Waals surface area contributed by atoms with Crippen molar-refractivity contribution < 1.29 is 9.47 Å². The Morgan fingerprint density at radius 3 is 2.55 bits per heavy atom. The van der Waals surface area contributed by atoms with E-state index in [2.05, 4.69) is 45.0 Å². The highest BCUT2D eigenvalue weighted by Crippen LogP contribution is 2.19. The molecule has 0 aliphatic carbocycles. The molecule has 31 heavy (non-hydrogen) atoms. The van der Waals surface area contributed by atoms with Crippen LogP contribution < -0.4 is 20.1 Å². The summed E-state index contributed by atoms with van der Waals surface area (Å²) in [6.45, 7) is 3.43. The average molecular weight is 535 g/mol. The van der Waals surface area contributed by atoms with Crippen LogP contribution in [0.5, 0.6) is 11.5 Å². The first kappa shape index (κ1) is 24.5. The van der Waals surface area contributed by atoms with Gasteiger partial charge in [-0.25, -0.2) is 4.68 Å². The van der Waals surface area contributed by atoms with Gasteiger partial charge in [-0.3, -0.25) is 4.99 Å². The van der Waals surface area contributed by atoms with Gasteiger partial charge in [-0.05, 0) is 49.2 Å². The van der Waals surface area contributed by atoms with E-state index in [1.807, 2.05) is 48.1 Å². The maximum absolute atomic E-state index is 5.93. The highest BCUT2D eigenvalue weighted by molar-refractivity contribution is 14.0. The van der Waals surface area contributed by atoms with Crippen molar-refractivity contribution in [3.8, 4) is 17.2 Å². The van der Waals surface area contributed by atoms with Crippen LogP contribution in [0.15, 0.2) is 72.0 Å². The number of aromatic nitrogens is 2. The molecule has 2 N–H and O–H groups in total. The number of hydrogen-bond donors (Lipinski definition) is 2. The van der Waals surface area contributed by atoms with E-state index >= 15 is 0 Å². The van der Waals surface area contributed by atoms with Crippen LogP contribution in [0.25, 0.3) is 5.69 Å². The predicted molar refractivity (Wildman–Crippen MR) is 135 cm³/mol. The number of nitrogens with zero attached hydrogens (tertiary/aromatic N) is 3. The fourth-order valence-corrected chi connectivity index (χ4v) is 2.97. The summed E-state index contributed by atoms with van der Waals surface area (Å²) < 4.78 is 13.0. The first-order valence-electron chi connectivity index (χ1n) is 10.0. The first-order valence-corrected chi connectivity index (χ1v) is 10.0. The fourth-order valence-electron chi connectivity index (χ4n) is 2.97. The Bertz CT molecular complexity index is 929. The van der Waals surface area contributed by atoms with E-state index in [0.717, 1.165) is 36.1 Å². The van der Waals surface area contributed by atoms with E-state index < -0.39 is 0 Å². The largest absolute Gasteiger partial charge is 0.497 e. The molecule has 2 aromatic carbocycles. The van der Waals surface area contributed by atoms with Gasteiger partial charge in [0.15, 0.2) is 5.96 Å². The van der Waals surface area contributed by atoms with Crippen molar-refractivity contribution in [3.63, 3.8) is 0 Å². The molecule has 1 atom stereocenters. The second kappa shape index (κ2) is 12.8. The molecule has 166 valence electrons. The van der Waals surface area contributed by atoms with Gasteiger partial charge in [-0.2, -0.15) is 5.10 Å². The zero-order chi connectivity index (χ0) is 21.2. The monoisotopic (exact) mass is 535 g/mol. The van der Waals surface area contributed by atoms with Crippen LogP contribution in [-0.2, 0) is 6.42 Å². The number of benzene rings is 2. The molecule has 0 fully saturated rings. The van der Waals surface area contributed by atoms with Crippen molar-refractivity contribution in [1.29, 1.82) is 0 Å². The van der Waals surface area contributed by atoms with Gasteiger partial charge in [0.25, 0.3) is 0 Å². The molecule has 0 bridgehead atoms. The van der Waals surface area contributed by atoms with Crippen LogP contribution in [0.2, 0.25) is 0 Å². The van der Waals surface area contributed by atoms with Gasteiger partial charge < -0.3 is 20.1 Å². The summed E-state index contributed by atoms with van der Waals surface area (Å²) in [5, 5.41) is 10.9. The third kappa shape index (κ3) is 7.78. The van der Waals surface area contributed by atoms with Crippen molar-refractivity contribution in [3.05, 3.63) is 72.6 Å². The van der Waals surface area contributed by atoms with Gasteiger partial charge in [0.1, 0.15) is 17.6 Å². The van der Waals surface area contributed by atoms with E-state index in [-0.39, 0.29) is 30.1 Å². The summed E-state index contributed by atoms with van der Waals surface area (Å²) in [5.41, 5.74) is 2.31. The van der Waals surface area contributed by atoms with Crippen LogP contribution in [-0.4, -0.2) is 49.1 Å². The Morgan fingerprint density at radius 2 is 1.87 bits per heavy atom. The van der Waals surface area contributed by atoms with Gasteiger partial charge in [0.05, 0.1) is 19.3 Å². The minimum atomic E-state index is -0.0227. The lowest BCUT2D eigenvalue weighted by molar-refractivity contribution is 0.223. The average Bonchev–Trinajstić information content (AvgIpc) is 3.31. The van der Waals surface area contributed by atoms with E-state index in [4.69, 9.17) is 9.47 Å². The molecule has 0 radical (unpaired) electrons. The van der Waals surface area contributed by atoms with Crippen LogP contribution in [0.3, 0.4) is 0 Å². The third-order valence-corrected chi connectivity index (χ3v) is 4.57. The molecule has 1 heterocycles. The molecule has 0 amide bonds. The number of aliphatic imine (C=N–C) groups is 1. The highest BCUT2D eigenvalue weighted by atomic mass is 127. The lowest BCUT2D eigenvalue weighted by Gasteiger charge is -2.18. The van der Waals surface area contributed by atoms with E-state index in [1.165, 1.54) is 5.56 Å². The maximum atomic E-state index is 5.93. The van der Waals surface area contributed by atoms with Crippen molar-refractivity contribution in [2.75, 3.05) is 27.2 Å². The van der Waals surface area contributed by atoms with Crippen molar-refractivity contribution in [2.45, 2.75) is 19.4 Å². The van der Waals surface area contributed by atoms with Gasteiger partial charge in [-0.15, -0.1) is 24.0 Å². The van der Waals surface area contributed by atoms with Crippen molar-refractivity contribution >= 4 is 29.9 Å². The molecule has 0 saturated heterocycles. The predicted octanol–water partition coefficient (Wildman–Crippen LogP) is 3.67. The molecule has 3 rings (SSSR count). The fraction of sp³-hybridized carbons (Fsp3) is 0.304. The van der Waals surface area contributed by atoms with Crippen molar-refractivity contribution in [1.82, 2.24) is 20.4 Å². The SMILES string of the molecule is CN=C(NCCc1ccc(-n2cccn2)cc1)NCC(C)Oc1cccc(OC)c1.I. The van der Waals surface area contributed by atoms with Gasteiger partial charge >= 0.3 is 0 Å². The van der Waals surface area contributed by atoms with E-state index in [9.17, 15) is 0 Å². The molecule has 0 spiro atoms. The normalized spacial score (nSPS) is 11.9. The summed E-state index contributed by atoms with van der Waals surface area (Å²) in [6.07, 6.45) is 4.59. The minimum absolute atomic E-state index is 0. The third-order valence-electron chi connectivity index (χ3n) is 4.57. The van der Waals surface area contributed by atoms with Crippen LogP contribution in [0, 0.1) is 0 Å². The highest BCUT2D eigenvalue weighted by Gasteiger charge is 2.07. The topological polar surface area (TPSA) is 72.7 Å². The van der Waals surface area contributed by atoms with Crippen molar-refractivity contribution in [2.24, 2.45) is 4.99 Å². The maximum Gasteiger partial charge on any atom is 0.191 e. The van der Waals surface area contributed by atoms with E-state index in [1.54, 1.807) is 20.4 Å². The Hall–Kier alpha value is -2.75. The number of guanidine groups is 1. The summed E-state index contributed by atoms with van der Waals surface area (Å²) in [7, 11) is 3.41. The molecule has 1 unspecified atom stereocenters. The smallest absolute Gasteiger partial charge is 0.191 e. The van der Waals surface area contributed by atoms with E-state index in [0.29, 0.717) is 6.54 Å². The number of halogens is 1. The Balaban J connectivity index is 0.00000341. The van der Waals surface area contributed by atoms with Crippen LogP contribution in [0.1, 0.15) is 12.5 Å². The summed E-state index contributed by atoms with van der Waals surface area (Å²) in [5.74, 6) is 2.32. The minimum Gasteiger partial charge on any atom is -0.497 e. The lowest BCUT2D eigenvalue weighted by Crippen LogP contribution is -2.42. The molecule has 3 aromatic rings. The Morgan fingerprint density at radius 1 is 1.10 bits per heavy atom. The standard InChI is InChI=1S/C23H29N5O2.HI/c1-18(30-22-7-4-6-21(16-22)29-3)17-26-23(24-2)25-14-12-19-8-10-20(11-9-19)28-15-5-13-27-28;/h4-11,13,15-16,18H,12,14,17H2,1-3H3,(H2,24,25,26);1H. The zero-order valence-corrected chi connectivity index (χ0v) is 20.4. The molecular formula is C23H30IN5O2.